The molecule has 0 radical (unpaired) electrons. The summed E-state index contributed by atoms with van der Waals surface area (Å²) in [4.78, 5) is 5.10. The molecule has 0 amide bonds. The highest BCUT2D eigenvalue weighted by Gasteiger charge is 2.20. The molecule has 1 N–H and O–H groups in total. The van der Waals surface area contributed by atoms with E-state index in [4.69, 9.17) is 4.99 Å². The molecule has 4 aromatic rings. The summed E-state index contributed by atoms with van der Waals surface area (Å²) in [6.07, 6.45) is 0. The van der Waals surface area contributed by atoms with Crippen LogP contribution in [0, 0.1) is 0 Å². The van der Waals surface area contributed by atoms with E-state index in [-0.39, 0.29) is 0 Å². The second-order valence-electron chi connectivity index (χ2n) is 6.97. The summed E-state index contributed by atoms with van der Waals surface area (Å²) in [5.41, 5.74) is 3.52. The fourth-order valence-electron chi connectivity index (χ4n) is 3.28. The molecule has 0 fully saturated rings. The van der Waals surface area contributed by atoms with E-state index in [9.17, 15) is 0 Å². The van der Waals surface area contributed by atoms with Crippen LogP contribution in [-0.2, 0) is 13.1 Å². The zero-order chi connectivity index (χ0) is 20.4. The van der Waals surface area contributed by atoms with Crippen molar-refractivity contribution in [2.24, 2.45) is 4.99 Å². The standard InChI is InChI=1S/C27H25N2P/c1-5-13-23(14-6-1)21-28-27(29-22-24-15-7-2-8-16-24)30(25-17-9-3-10-18-25)26-19-11-4-12-20-26/h1-20H,21-22H2,(H,28,29). The van der Waals surface area contributed by atoms with Crippen LogP contribution in [0.3, 0.4) is 0 Å². The second kappa shape index (κ2) is 10.5. The van der Waals surface area contributed by atoms with Gasteiger partial charge in [-0.15, -0.1) is 0 Å². The highest BCUT2D eigenvalue weighted by Crippen LogP contribution is 2.35. The van der Waals surface area contributed by atoms with E-state index >= 15 is 0 Å². The van der Waals surface area contributed by atoms with Crippen molar-refractivity contribution in [1.29, 1.82) is 0 Å². The Hall–Kier alpha value is -3.22. The average molecular weight is 408 g/mol. The van der Waals surface area contributed by atoms with E-state index in [2.05, 4.69) is 121 Å². The summed E-state index contributed by atoms with van der Waals surface area (Å²) < 4.78 is 0. The number of rotatable bonds is 7. The normalized spacial score (nSPS) is 11.4. The van der Waals surface area contributed by atoms with Crippen molar-refractivity contribution in [3.8, 4) is 0 Å². The van der Waals surface area contributed by atoms with Crippen molar-refractivity contribution in [3.63, 3.8) is 0 Å². The van der Waals surface area contributed by atoms with E-state index in [0.29, 0.717) is 6.54 Å². The monoisotopic (exact) mass is 408 g/mol. The van der Waals surface area contributed by atoms with Gasteiger partial charge in [-0.25, -0.2) is 0 Å². The largest absolute Gasteiger partial charge is 0.366 e. The summed E-state index contributed by atoms with van der Waals surface area (Å²) in [6, 6.07) is 42.4. The number of nitrogens with zero attached hydrogens (tertiary/aromatic N) is 1. The van der Waals surface area contributed by atoms with Crippen LogP contribution in [0.1, 0.15) is 11.1 Å². The molecule has 0 saturated heterocycles. The van der Waals surface area contributed by atoms with Crippen LogP contribution >= 0.6 is 7.92 Å². The Morgan fingerprint density at radius 3 is 1.50 bits per heavy atom. The number of hydrogen-bond acceptors (Lipinski definition) is 1. The molecular formula is C27H25N2P. The second-order valence-corrected chi connectivity index (χ2v) is 9.10. The van der Waals surface area contributed by atoms with Gasteiger partial charge < -0.3 is 5.32 Å². The average Bonchev–Trinajstić information content (AvgIpc) is 2.83. The first-order valence-electron chi connectivity index (χ1n) is 10.2. The van der Waals surface area contributed by atoms with Crippen LogP contribution in [0.15, 0.2) is 126 Å². The van der Waals surface area contributed by atoms with Crippen molar-refractivity contribution in [2.75, 3.05) is 0 Å². The van der Waals surface area contributed by atoms with Gasteiger partial charge in [-0.2, -0.15) is 0 Å². The van der Waals surface area contributed by atoms with Crippen LogP contribution in [0.25, 0.3) is 0 Å². The van der Waals surface area contributed by atoms with Crippen molar-refractivity contribution in [1.82, 2.24) is 5.32 Å². The minimum absolute atomic E-state index is 0.663. The molecule has 0 heterocycles. The third kappa shape index (κ3) is 5.43. The Bertz CT molecular complexity index is 1010. The smallest absolute Gasteiger partial charge is 0.129 e. The maximum atomic E-state index is 5.10. The lowest BCUT2D eigenvalue weighted by Crippen LogP contribution is -2.29. The van der Waals surface area contributed by atoms with Gasteiger partial charge in [-0.05, 0) is 21.7 Å². The van der Waals surface area contributed by atoms with E-state index in [1.54, 1.807) is 0 Å². The molecule has 0 aliphatic rings. The van der Waals surface area contributed by atoms with Crippen molar-refractivity contribution in [3.05, 3.63) is 132 Å². The van der Waals surface area contributed by atoms with Gasteiger partial charge in [0.05, 0.1) is 6.54 Å². The zero-order valence-electron chi connectivity index (χ0n) is 16.9. The molecule has 0 spiro atoms. The number of hydrogen-bond donors (Lipinski definition) is 1. The van der Waals surface area contributed by atoms with Gasteiger partial charge in [0.25, 0.3) is 0 Å². The van der Waals surface area contributed by atoms with Crippen LogP contribution in [0.4, 0.5) is 0 Å². The molecule has 148 valence electrons. The van der Waals surface area contributed by atoms with E-state index in [1.807, 2.05) is 6.07 Å². The van der Waals surface area contributed by atoms with Gasteiger partial charge in [0.15, 0.2) is 0 Å². The van der Waals surface area contributed by atoms with Gasteiger partial charge in [0.2, 0.25) is 0 Å². The molecule has 0 aromatic heterocycles. The highest BCUT2D eigenvalue weighted by atomic mass is 31.1. The lowest BCUT2D eigenvalue weighted by molar-refractivity contribution is 0.910. The van der Waals surface area contributed by atoms with E-state index < -0.39 is 7.92 Å². The van der Waals surface area contributed by atoms with Gasteiger partial charge in [-0.1, -0.05) is 121 Å². The SMILES string of the molecule is c1ccc(C/N=C(/NCc2ccccc2)P(c2ccccc2)c2ccccc2)cc1. The predicted octanol–water partition coefficient (Wildman–Crippen LogP) is 5.47. The third-order valence-electron chi connectivity index (χ3n) is 4.79. The van der Waals surface area contributed by atoms with Crippen LogP contribution in [0.2, 0.25) is 0 Å². The molecule has 4 rings (SSSR count). The predicted molar refractivity (Wildman–Crippen MR) is 130 cm³/mol. The number of amidine groups is 1. The summed E-state index contributed by atoms with van der Waals surface area (Å²) in [6.45, 7) is 1.42. The molecule has 4 aromatic carbocycles. The molecule has 3 heteroatoms. The Morgan fingerprint density at radius 1 is 0.567 bits per heavy atom. The lowest BCUT2D eigenvalue weighted by atomic mass is 10.2. The topological polar surface area (TPSA) is 24.4 Å². The Morgan fingerprint density at radius 2 is 1.00 bits per heavy atom. The lowest BCUT2D eigenvalue weighted by Gasteiger charge is -2.22. The Labute approximate surface area is 180 Å². The number of benzene rings is 4. The molecule has 0 saturated carbocycles. The van der Waals surface area contributed by atoms with E-state index in [1.165, 1.54) is 21.7 Å². The molecular weight excluding hydrogens is 383 g/mol. The quantitative estimate of drug-likeness (QED) is 0.245. The van der Waals surface area contributed by atoms with Crippen LogP contribution in [0.5, 0.6) is 0 Å². The van der Waals surface area contributed by atoms with E-state index in [0.717, 1.165) is 12.1 Å². The first-order valence-corrected chi connectivity index (χ1v) is 11.5. The summed E-state index contributed by atoms with van der Waals surface area (Å²) in [5.74, 6) is 0. The Kier molecular flexibility index (Phi) is 7.04. The molecule has 0 aliphatic carbocycles. The molecule has 0 aliphatic heterocycles. The number of nitrogens with one attached hydrogen (secondary N) is 1. The summed E-state index contributed by atoms with van der Waals surface area (Å²) >= 11 is 0. The van der Waals surface area contributed by atoms with Gasteiger partial charge in [0, 0.05) is 14.5 Å². The highest BCUT2D eigenvalue weighted by molar-refractivity contribution is 7.87. The van der Waals surface area contributed by atoms with Crippen molar-refractivity contribution >= 4 is 24.1 Å². The number of aliphatic imine (C=N–C) groups is 1. The molecule has 0 atom stereocenters. The fraction of sp³-hybridized carbons (Fsp3) is 0.0741. The van der Waals surface area contributed by atoms with Crippen molar-refractivity contribution < 1.29 is 0 Å². The van der Waals surface area contributed by atoms with Gasteiger partial charge in [-0.3, -0.25) is 4.99 Å². The molecule has 0 unspecified atom stereocenters. The Balaban J connectivity index is 1.70. The minimum atomic E-state index is -0.768. The maximum Gasteiger partial charge on any atom is 0.129 e. The van der Waals surface area contributed by atoms with Crippen LogP contribution < -0.4 is 15.9 Å². The first-order chi connectivity index (χ1) is 14.9. The van der Waals surface area contributed by atoms with Gasteiger partial charge in [0.1, 0.15) is 5.58 Å². The first kappa shape index (κ1) is 20.1. The van der Waals surface area contributed by atoms with Gasteiger partial charge >= 0.3 is 0 Å². The van der Waals surface area contributed by atoms with Crippen molar-refractivity contribution in [2.45, 2.75) is 13.1 Å². The maximum absolute atomic E-state index is 5.10. The summed E-state index contributed by atoms with van der Waals surface area (Å²) in [7, 11) is -0.768. The fourth-order valence-corrected chi connectivity index (χ4v) is 5.46. The van der Waals surface area contributed by atoms with Crippen LogP contribution in [-0.4, -0.2) is 5.58 Å². The molecule has 2 nitrogen and oxygen atoms in total. The summed E-state index contributed by atoms with van der Waals surface area (Å²) in [5, 5.41) is 6.28. The zero-order valence-corrected chi connectivity index (χ0v) is 17.8. The molecule has 0 bridgehead atoms. The molecule has 30 heavy (non-hydrogen) atoms. The minimum Gasteiger partial charge on any atom is -0.366 e. The third-order valence-corrected chi connectivity index (χ3v) is 7.14.